The lowest BCUT2D eigenvalue weighted by Crippen LogP contribution is -2.69. The zero-order chi connectivity index (χ0) is 10.2. The molecule has 14 heavy (non-hydrogen) atoms. The number of nitrogens with one attached hydrogen (secondary N) is 2. The van der Waals surface area contributed by atoms with Crippen molar-refractivity contribution in [1.82, 2.24) is 10.2 Å². The summed E-state index contributed by atoms with van der Waals surface area (Å²) >= 11 is 3.35. The fourth-order valence-corrected chi connectivity index (χ4v) is 2.27. The van der Waals surface area contributed by atoms with Gasteiger partial charge in [-0.25, -0.2) is 0 Å². The Bertz CT molecular complexity index is 278. The highest BCUT2D eigenvalue weighted by Crippen LogP contribution is 2.36. The molecule has 0 aromatic carbocycles. The van der Waals surface area contributed by atoms with Gasteiger partial charge in [0.1, 0.15) is 11.4 Å². The molecule has 2 rings (SSSR count). The Morgan fingerprint density at radius 2 is 2.29 bits per heavy atom. The normalized spacial score (nSPS) is 24.1. The number of hydrogen-bond acceptors (Lipinski definition) is 3. The standard InChI is InChI=1S/C9H14BrN3O/c1-12-4-7(10)8(11)13-5-9(6-13)2-3-14-9/h4,11-12H,2-3,5-6H2,1H3/b7-4+,11-8?. The zero-order valence-electron chi connectivity index (χ0n) is 8.14. The van der Waals surface area contributed by atoms with Gasteiger partial charge in [0.25, 0.3) is 0 Å². The van der Waals surface area contributed by atoms with E-state index in [-0.39, 0.29) is 5.60 Å². The number of halogens is 1. The van der Waals surface area contributed by atoms with Gasteiger partial charge in [0.2, 0.25) is 0 Å². The van der Waals surface area contributed by atoms with E-state index >= 15 is 0 Å². The van der Waals surface area contributed by atoms with Crippen molar-refractivity contribution in [2.24, 2.45) is 0 Å². The van der Waals surface area contributed by atoms with Gasteiger partial charge in [0.05, 0.1) is 24.2 Å². The average molecular weight is 260 g/mol. The average Bonchev–Trinajstić information content (AvgIpc) is 1.99. The summed E-state index contributed by atoms with van der Waals surface area (Å²) in [6.45, 7) is 2.60. The smallest absolute Gasteiger partial charge is 0.136 e. The summed E-state index contributed by atoms with van der Waals surface area (Å²) in [4.78, 5) is 2.01. The zero-order valence-corrected chi connectivity index (χ0v) is 9.73. The van der Waals surface area contributed by atoms with Crippen LogP contribution in [0.2, 0.25) is 0 Å². The fourth-order valence-electron chi connectivity index (χ4n) is 1.79. The van der Waals surface area contributed by atoms with E-state index in [1.165, 1.54) is 0 Å². The molecular weight excluding hydrogens is 246 g/mol. The third kappa shape index (κ3) is 1.54. The number of hydrogen-bond donors (Lipinski definition) is 2. The van der Waals surface area contributed by atoms with Crippen LogP contribution in [0.25, 0.3) is 0 Å². The summed E-state index contributed by atoms with van der Waals surface area (Å²) in [7, 11) is 1.82. The third-order valence-electron chi connectivity index (χ3n) is 2.74. The van der Waals surface area contributed by atoms with Crippen LogP contribution in [0.3, 0.4) is 0 Å². The molecule has 2 N–H and O–H groups in total. The molecule has 0 aromatic heterocycles. The molecule has 2 aliphatic heterocycles. The topological polar surface area (TPSA) is 48.4 Å². The molecule has 5 heteroatoms. The molecule has 0 bridgehead atoms. The van der Waals surface area contributed by atoms with E-state index in [4.69, 9.17) is 10.1 Å². The molecule has 2 saturated heterocycles. The van der Waals surface area contributed by atoms with Crippen LogP contribution in [0, 0.1) is 5.41 Å². The lowest BCUT2D eigenvalue weighted by molar-refractivity contribution is -0.204. The van der Waals surface area contributed by atoms with Crippen LogP contribution < -0.4 is 5.32 Å². The molecule has 1 spiro atoms. The van der Waals surface area contributed by atoms with Crippen molar-refractivity contribution >= 4 is 21.8 Å². The quantitative estimate of drug-likeness (QED) is 0.572. The molecule has 78 valence electrons. The lowest BCUT2D eigenvalue weighted by Gasteiger charge is -2.55. The lowest BCUT2D eigenvalue weighted by atomic mass is 9.86. The number of nitrogens with zero attached hydrogens (tertiary/aromatic N) is 1. The van der Waals surface area contributed by atoms with Gasteiger partial charge in [-0.3, -0.25) is 5.41 Å². The predicted octanol–water partition coefficient (Wildman–Crippen LogP) is 0.894. The second-order valence-electron chi connectivity index (χ2n) is 3.77. The van der Waals surface area contributed by atoms with Crippen molar-refractivity contribution in [2.75, 3.05) is 26.7 Å². The maximum atomic E-state index is 7.85. The van der Waals surface area contributed by atoms with Crippen LogP contribution in [0.15, 0.2) is 10.7 Å². The van der Waals surface area contributed by atoms with E-state index in [2.05, 4.69) is 21.2 Å². The second kappa shape index (κ2) is 3.55. The molecule has 0 radical (unpaired) electrons. The van der Waals surface area contributed by atoms with Gasteiger partial charge in [-0.05, 0) is 15.9 Å². The predicted molar refractivity (Wildman–Crippen MR) is 58.7 cm³/mol. The van der Waals surface area contributed by atoms with Gasteiger partial charge in [0, 0.05) is 19.7 Å². The van der Waals surface area contributed by atoms with Gasteiger partial charge in [-0.1, -0.05) is 0 Å². The molecule has 0 saturated carbocycles. The van der Waals surface area contributed by atoms with Crippen LogP contribution >= 0.6 is 15.9 Å². The minimum Gasteiger partial charge on any atom is -0.393 e. The first kappa shape index (κ1) is 9.98. The first-order valence-corrected chi connectivity index (χ1v) is 5.47. The van der Waals surface area contributed by atoms with Crippen LogP contribution in [0.1, 0.15) is 6.42 Å². The van der Waals surface area contributed by atoms with Crippen molar-refractivity contribution in [3.63, 3.8) is 0 Å². The SMILES string of the molecule is CN/C=C(/Br)C(=N)N1CC2(CCO2)C1. The van der Waals surface area contributed by atoms with Crippen molar-refractivity contribution in [1.29, 1.82) is 5.41 Å². The molecule has 0 aliphatic carbocycles. The van der Waals surface area contributed by atoms with Gasteiger partial charge in [-0.15, -0.1) is 0 Å². The van der Waals surface area contributed by atoms with Crippen LogP contribution in [0.4, 0.5) is 0 Å². The van der Waals surface area contributed by atoms with E-state index in [0.717, 1.165) is 30.6 Å². The van der Waals surface area contributed by atoms with E-state index in [1.54, 1.807) is 6.20 Å². The summed E-state index contributed by atoms with van der Waals surface area (Å²) in [6.07, 6.45) is 2.92. The van der Waals surface area contributed by atoms with Crippen molar-refractivity contribution in [3.05, 3.63) is 10.7 Å². The van der Waals surface area contributed by atoms with Crippen molar-refractivity contribution in [3.8, 4) is 0 Å². The molecule has 2 heterocycles. The monoisotopic (exact) mass is 259 g/mol. The number of rotatable bonds is 2. The summed E-state index contributed by atoms with van der Waals surface area (Å²) in [5, 5.41) is 10.7. The first-order valence-electron chi connectivity index (χ1n) is 4.68. The summed E-state index contributed by atoms with van der Waals surface area (Å²) in [5.74, 6) is 0.528. The molecule has 4 nitrogen and oxygen atoms in total. The van der Waals surface area contributed by atoms with Crippen molar-refractivity contribution < 1.29 is 4.74 Å². The Kier molecular flexibility index (Phi) is 2.53. The first-order chi connectivity index (χ1) is 6.67. The maximum Gasteiger partial charge on any atom is 0.136 e. The Balaban J connectivity index is 1.86. The minimum absolute atomic E-state index is 0.0965. The van der Waals surface area contributed by atoms with Gasteiger partial charge >= 0.3 is 0 Å². The largest absolute Gasteiger partial charge is 0.393 e. The number of likely N-dealkylation sites (tertiary alicyclic amines) is 1. The van der Waals surface area contributed by atoms with E-state index in [0.29, 0.717) is 5.84 Å². The van der Waals surface area contributed by atoms with E-state index in [1.807, 2.05) is 11.9 Å². The van der Waals surface area contributed by atoms with Crippen LogP contribution in [-0.2, 0) is 4.74 Å². The van der Waals surface area contributed by atoms with E-state index < -0.39 is 0 Å². The Morgan fingerprint density at radius 1 is 1.64 bits per heavy atom. The number of ether oxygens (including phenoxy) is 1. The fraction of sp³-hybridized carbons (Fsp3) is 0.667. The summed E-state index contributed by atoms with van der Waals surface area (Å²) in [5.41, 5.74) is 0.0965. The van der Waals surface area contributed by atoms with Crippen molar-refractivity contribution in [2.45, 2.75) is 12.0 Å². The molecule has 2 fully saturated rings. The molecule has 0 unspecified atom stereocenters. The molecule has 0 atom stereocenters. The number of amidine groups is 1. The highest BCUT2D eigenvalue weighted by atomic mass is 79.9. The van der Waals surface area contributed by atoms with Gasteiger partial charge in [-0.2, -0.15) is 0 Å². The molecule has 0 aromatic rings. The van der Waals surface area contributed by atoms with E-state index in [9.17, 15) is 0 Å². The van der Waals surface area contributed by atoms with Gasteiger partial charge < -0.3 is 15.0 Å². The molecule has 0 amide bonds. The van der Waals surface area contributed by atoms with Crippen LogP contribution in [0.5, 0.6) is 0 Å². The third-order valence-corrected chi connectivity index (χ3v) is 3.34. The Labute approximate surface area is 91.9 Å². The van der Waals surface area contributed by atoms with Gasteiger partial charge in [0.15, 0.2) is 0 Å². The second-order valence-corrected chi connectivity index (χ2v) is 4.62. The molecule has 2 aliphatic rings. The minimum atomic E-state index is 0.0965. The highest BCUT2D eigenvalue weighted by molar-refractivity contribution is 9.12. The van der Waals surface area contributed by atoms with Crippen LogP contribution in [-0.4, -0.2) is 43.1 Å². The highest BCUT2D eigenvalue weighted by Gasteiger charge is 2.50. The summed E-state index contributed by atoms with van der Waals surface area (Å²) in [6, 6.07) is 0. The maximum absolute atomic E-state index is 7.85. The summed E-state index contributed by atoms with van der Waals surface area (Å²) < 4.78 is 6.27. The Morgan fingerprint density at radius 3 is 2.71 bits per heavy atom. The Hall–Kier alpha value is -0.550. The molecular formula is C9H14BrN3O.